The molecule has 2 heterocycles. The van der Waals surface area contributed by atoms with Gasteiger partial charge in [0.2, 0.25) is 0 Å². The maximum Gasteiger partial charge on any atom is 0.406 e. The van der Waals surface area contributed by atoms with Crippen molar-refractivity contribution < 1.29 is 26.4 Å². The fourth-order valence-corrected chi connectivity index (χ4v) is 2.35. The monoisotopic (exact) mass is 347 g/mol. The summed E-state index contributed by atoms with van der Waals surface area (Å²) in [6.07, 6.45) is 1.80. The average molecular weight is 347 g/mol. The molecule has 1 aromatic heterocycles. The molecule has 0 bridgehead atoms. The van der Waals surface area contributed by atoms with E-state index in [1.807, 2.05) is 72.8 Å². The van der Waals surface area contributed by atoms with Gasteiger partial charge in [0.05, 0.1) is 0 Å². The first-order valence-corrected chi connectivity index (χ1v) is 7.46. The summed E-state index contributed by atoms with van der Waals surface area (Å²) in [5.41, 5.74) is 2.12. The zero-order valence-electron chi connectivity index (χ0n) is 12.7. The fraction of sp³-hybridized carbons (Fsp3) is 0.167. The molecule has 3 nitrogen and oxygen atoms in total. The van der Waals surface area contributed by atoms with Crippen LogP contribution in [-0.2, 0) is 26.4 Å². The molecule has 1 fully saturated rings. The predicted molar refractivity (Wildman–Crippen MR) is 88.3 cm³/mol. The Morgan fingerprint density at radius 1 is 0.957 bits per heavy atom. The van der Waals surface area contributed by atoms with Gasteiger partial charge in [0.15, 0.2) is 0 Å². The van der Waals surface area contributed by atoms with E-state index in [4.69, 9.17) is 9.31 Å². The van der Waals surface area contributed by atoms with Crippen LogP contribution in [0.4, 0.5) is 0 Å². The number of pyridine rings is 1. The van der Waals surface area contributed by atoms with E-state index in [-0.39, 0.29) is 30.1 Å². The molecular formula is C18H18BFeNO2-2. The van der Waals surface area contributed by atoms with Gasteiger partial charge >= 0.3 is 7.12 Å². The van der Waals surface area contributed by atoms with Gasteiger partial charge < -0.3 is 9.31 Å². The van der Waals surface area contributed by atoms with Crippen LogP contribution in [0.1, 0.15) is 11.6 Å². The van der Waals surface area contributed by atoms with Crippen molar-refractivity contribution >= 4 is 12.6 Å². The van der Waals surface area contributed by atoms with E-state index < -0.39 is 0 Å². The zero-order chi connectivity index (χ0) is 15.0. The minimum Gasteiger partial charge on any atom is -0.418 e. The van der Waals surface area contributed by atoms with Gasteiger partial charge in [0.1, 0.15) is 0 Å². The van der Waals surface area contributed by atoms with Crippen molar-refractivity contribution in [1.29, 1.82) is 0 Å². The minimum absolute atomic E-state index is 0. The first-order chi connectivity index (χ1) is 10.9. The molecule has 1 aliphatic heterocycles. The Bertz CT molecular complexity index is 603. The molecule has 0 amide bonds. The molecule has 120 valence electrons. The van der Waals surface area contributed by atoms with Crippen LogP contribution in [0, 0.1) is 0 Å². The number of aromatic nitrogens is 1. The summed E-state index contributed by atoms with van der Waals surface area (Å²) in [4.78, 5) is 4.33. The second kappa shape index (κ2) is 9.48. The molecular weight excluding hydrogens is 329 g/mol. The molecule has 3 aromatic rings. The average Bonchev–Trinajstić information content (AvgIpc) is 3.32. The zero-order valence-corrected chi connectivity index (χ0v) is 13.8. The Hall–Kier alpha value is -1.65. The summed E-state index contributed by atoms with van der Waals surface area (Å²) in [5, 5.41) is 0. The number of nitrogens with zero attached hydrogens (tertiary/aromatic N) is 1. The molecule has 0 N–H and O–H groups in total. The molecule has 23 heavy (non-hydrogen) atoms. The Kier molecular flexibility index (Phi) is 7.30. The molecule has 0 aliphatic carbocycles. The van der Waals surface area contributed by atoms with E-state index in [0.717, 1.165) is 11.2 Å². The van der Waals surface area contributed by atoms with Gasteiger partial charge in [-0.25, -0.2) is 18.2 Å². The molecule has 0 unspecified atom stereocenters. The van der Waals surface area contributed by atoms with Gasteiger partial charge in [0.25, 0.3) is 0 Å². The van der Waals surface area contributed by atoms with Gasteiger partial charge in [-0.05, 0) is 12.1 Å². The number of hydrogen-bond donors (Lipinski definition) is 0. The molecule has 0 radical (unpaired) electrons. The molecule has 1 aliphatic rings. The van der Waals surface area contributed by atoms with Crippen molar-refractivity contribution in [2.75, 3.05) is 13.2 Å². The van der Waals surface area contributed by atoms with Crippen LogP contribution in [0.3, 0.4) is 0 Å². The summed E-state index contributed by atoms with van der Waals surface area (Å²) >= 11 is 0. The molecule has 0 spiro atoms. The van der Waals surface area contributed by atoms with Crippen molar-refractivity contribution in [2.24, 2.45) is 0 Å². The number of rotatable bonds is 2. The van der Waals surface area contributed by atoms with Crippen molar-refractivity contribution in [3.63, 3.8) is 0 Å². The second-order valence-electron chi connectivity index (χ2n) is 5.13. The van der Waals surface area contributed by atoms with Crippen LogP contribution in [-0.4, -0.2) is 25.3 Å². The smallest absolute Gasteiger partial charge is 0.406 e. The van der Waals surface area contributed by atoms with Crippen LogP contribution in [0.15, 0.2) is 79.0 Å². The van der Waals surface area contributed by atoms with Crippen molar-refractivity contribution in [3.05, 3.63) is 84.7 Å². The quantitative estimate of drug-likeness (QED) is 0.528. The van der Waals surface area contributed by atoms with E-state index in [1.165, 1.54) is 0 Å². The van der Waals surface area contributed by atoms with E-state index >= 15 is 0 Å². The number of hydrogen-bond acceptors (Lipinski definition) is 3. The molecule has 0 saturated carbocycles. The summed E-state index contributed by atoms with van der Waals surface area (Å²) in [6.45, 7) is 1.32. The fourth-order valence-electron chi connectivity index (χ4n) is 2.35. The SMILES string of the molecule is [Fe].c1cc[cH-]c1.c1ccc(C2COB(c3cc[cH-]c3)OC2)nc1. The Morgan fingerprint density at radius 3 is 2.26 bits per heavy atom. The summed E-state index contributed by atoms with van der Waals surface area (Å²) < 4.78 is 11.5. The van der Waals surface area contributed by atoms with E-state index in [2.05, 4.69) is 4.98 Å². The van der Waals surface area contributed by atoms with E-state index in [1.54, 1.807) is 6.20 Å². The van der Waals surface area contributed by atoms with Gasteiger partial charge in [-0.2, -0.15) is 41.9 Å². The molecule has 0 atom stereocenters. The van der Waals surface area contributed by atoms with Gasteiger partial charge in [0, 0.05) is 48.1 Å². The standard InChI is InChI=1S/C13H13BNO2.C5H5.Fe/c1-2-6-12(5-1)14-16-9-11(10-17-14)13-7-3-4-8-15-13;1-2-4-5-3-1;/h1-8,11H,9-10H2;1-5H;/q2*-1;. The summed E-state index contributed by atoms with van der Waals surface area (Å²) in [5.74, 6) is 0.238. The van der Waals surface area contributed by atoms with Crippen molar-refractivity contribution in [2.45, 2.75) is 5.92 Å². The third-order valence-electron chi connectivity index (χ3n) is 3.52. The van der Waals surface area contributed by atoms with Crippen LogP contribution in [0.2, 0.25) is 0 Å². The maximum absolute atomic E-state index is 5.73. The Labute approximate surface area is 148 Å². The Balaban J connectivity index is 0.000000276. The molecule has 2 aromatic carbocycles. The van der Waals surface area contributed by atoms with Crippen LogP contribution >= 0.6 is 0 Å². The van der Waals surface area contributed by atoms with Crippen LogP contribution in [0.25, 0.3) is 0 Å². The largest absolute Gasteiger partial charge is 0.418 e. The van der Waals surface area contributed by atoms with E-state index in [9.17, 15) is 0 Å². The minimum atomic E-state index is -0.218. The normalized spacial score (nSPS) is 14.5. The molecule has 5 heteroatoms. The predicted octanol–water partition coefficient (Wildman–Crippen LogP) is 2.73. The van der Waals surface area contributed by atoms with E-state index in [0.29, 0.717) is 13.2 Å². The van der Waals surface area contributed by atoms with Crippen molar-refractivity contribution in [1.82, 2.24) is 4.98 Å². The van der Waals surface area contributed by atoms with Crippen molar-refractivity contribution in [3.8, 4) is 0 Å². The maximum atomic E-state index is 5.73. The van der Waals surface area contributed by atoms with Gasteiger partial charge in [-0.3, -0.25) is 4.98 Å². The molecule has 4 rings (SSSR count). The summed E-state index contributed by atoms with van der Waals surface area (Å²) in [6, 6.07) is 23.9. The Morgan fingerprint density at radius 2 is 1.74 bits per heavy atom. The topological polar surface area (TPSA) is 31.4 Å². The second-order valence-corrected chi connectivity index (χ2v) is 5.13. The third-order valence-corrected chi connectivity index (χ3v) is 3.52. The molecule has 1 saturated heterocycles. The van der Waals surface area contributed by atoms with Crippen LogP contribution in [0.5, 0.6) is 0 Å². The first-order valence-electron chi connectivity index (χ1n) is 7.46. The third kappa shape index (κ3) is 5.19. The van der Waals surface area contributed by atoms with Crippen LogP contribution < -0.4 is 5.46 Å². The van der Waals surface area contributed by atoms with Gasteiger partial charge in [-0.15, -0.1) is 0 Å². The first kappa shape index (κ1) is 17.7. The van der Waals surface area contributed by atoms with Gasteiger partial charge in [-0.1, -0.05) is 6.07 Å². The summed E-state index contributed by atoms with van der Waals surface area (Å²) in [7, 11) is -0.218.